The number of ether oxygens (including phenoxy) is 1. The Morgan fingerprint density at radius 2 is 1.75 bits per heavy atom. The summed E-state index contributed by atoms with van der Waals surface area (Å²) in [6.45, 7) is 6.33. The molecule has 5 nitrogen and oxygen atoms in total. The molecule has 106 valence electrons. The molecule has 2 aromatic rings. The molecular formula is C15H20N4O. The maximum atomic E-state index is 5.02. The van der Waals surface area contributed by atoms with Gasteiger partial charge in [0.1, 0.15) is 0 Å². The third-order valence-electron chi connectivity index (χ3n) is 3.14. The lowest BCUT2D eigenvalue weighted by atomic mass is 10.1. The Bertz CT molecular complexity index is 534. The van der Waals surface area contributed by atoms with Crippen molar-refractivity contribution in [2.24, 2.45) is 0 Å². The highest BCUT2D eigenvalue weighted by Gasteiger charge is 2.09. The summed E-state index contributed by atoms with van der Waals surface area (Å²) in [5.74, 6) is 0.753. The molecule has 0 fully saturated rings. The summed E-state index contributed by atoms with van der Waals surface area (Å²) >= 11 is 0. The maximum Gasteiger partial charge on any atom is 0.159 e. The number of hydrogen-bond acceptors (Lipinski definition) is 5. The van der Waals surface area contributed by atoms with E-state index in [-0.39, 0.29) is 0 Å². The van der Waals surface area contributed by atoms with Crippen LogP contribution < -0.4 is 5.32 Å². The summed E-state index contributed by atoms with van der Waals surface area (Å²) in [7, 11) is 1.70. The first-order valence-electron chi connectivity index (χ1n) is 6.66. The molecule has 0 aliphatic rings. The van der Waals surface area contributed by atoms with Gasteiger partial charge >= 0.3 is 0 Å². The van der Waals surface area contributed by atoms with Crippen LogP contribution in [-0.4, -0.2) is 35.2 Å². The predicted molar refractivity (Wildman–Crippen MR) is 78.3 cm³/mol. The van der Waals surface area contributed by atoms with E-state index in [1.807, 2.05) is 26.0 Å². The molecule has 0 aliphatic heterocycles. The molecule has 0 saturated carbocycles. The Balaban J connectivity index is 2.17. The van der Waals surface area contributed by atoms with E-state index in [9.17, 15) is 0 Å². The molecule has 0 saturated heterocycles. The molecule has 0 atom stereocenters. The van der Waals surface area contributed by atoms with Crippen molar-refractivity contribution in [3.05, 3.63) is 41.5 Å². The van der Waals surface area contributed by atoms with Gasteiger partial charge in [0.15, 0.2) is 5.82 Å². The number of nitrogens with one attached hydrogen (secondary N) is 1. The summed E-state index contributed by atoms with van der Waals surface area (Å²) in [6, 6.07) is 3.84. The number of pyridine rings is 1. The van der Waals surface area contributed by atoms with E-state index in [0.29, 0.717) is 6.61 Å². The number of hydrogen-bond donors (Lipinski definition) is 1. The van der Waals surface area contributed by atoms with E-state index < -0.39 is 0 Å². The van der Waals surface area contributed by atoms with Crippen LogP contribution in [0.5, 0.6) is 0 Å². The van der Waals surface area contributed by atoms with E-state index in [1.54, 1.807) is 19.5 Å². The van der Waals surface area contributed by atoms with E-state index in [1.165, 1.54) is 0 Å². The average molecular weight is 272 g/mol. The van der Waals surface area contributed by atoms with Gasteiger partial charge in [0.25, 0.3) is 0 Å². The zero-order chi connectivity index (χ0) is 14.4. The molecule has 0 radical (unpaired) electrons. The van der Waals surface area contributed by atoms with Crippen molar-refractivity contribution in [1.29, 1.82) is 0 Å². The van der Waals surface area contributed by atoms with Crippen LogP contribution in [0, 0.1) is 13.8 Å². The zero-order valence-corrected chi connectivity index (χ0v) is 12.2. The normalized spacial score (nSPS) is 10.8. The second kappa shape index (κ2) is 7.07. The largest absolute Gasteiger partial charge is 0.383 e. The maximum absolute atomic E-state index is 5.02. The van der Waals surface area contributed by atoms with Gasteiger partial charge in [-0.05, 0) is 26.0 Å². The van der Waals surface area contributed by atoms with E-state index in [2.05, 4.69) is 20.3 Å². The van der Waals surface area contributed by atoms with Crippen LogP contribution in [0.25, 0.3) is 11.4 Å². The summed E-state index contributed by atoms with van der Waals surface area (Å²) < 4.78 is 5.02. The van der Waals surface area contributed by atoms with Crippen molar-refractivity contribution in [3.63, 3.8) is 0 Å². The first-order chi connectivity index (χ1) is 9.72. The average Bonchev–Trinajstić information content (AvgIpc) is 2.46. The molecule has 2 heterocycles. The smallest absolute Gasteiger partial charge is 0.159 e. The number of rotatable bonds is 6. The Morgan fingerprint density at radius 1 is 1.10 bits per heavy atom. The van der Waals surface area contributed by atoms with Crippen LogP contribution in [-0.2, 0) is 11.3 Å². The molecule has 20 heavy (non-hydrogen) atoms. The first-order valence-corrected chi connectivity index (χ1v) is 6.66. The van der Waals surface area contributed by atoms with Crippen molar-refractivity contribution in [1.82, 2.24) is 20.3 Å². The molecule has 1 N–H and O–H groups in total. The standard InChI is InChI=1S/C15H20N4O/c1-11-14(10-17-8-9-20-3)12(2)19-15(18-11)13-4-6-16-7-5-13/h4-7,17H,8-10H2,1-3H3. The Labute approximate surface area is 119 Å². The minimum absolute atomic E-state index is 0.702. The van der Waals surface area contributed by atoms with Gasteiger partial charge < -0.3 is 10.1 Å². The van der Waals surface area contributed by atoms with Gasteiger partial charge in [0.05, 0.1) is 6.61 Å². The summed E-state index contributed by atoms with van der Waals surface area (Å²) in [4.78, 5) is 13.2. The van der Waals surface area contributed by atoms with Crippen molar-refractivity contribution in [3.8, 4) is 11.4 Å². The second-order valence-corrected chi connectivity index (χ2v) is 4.60. The molecule has 0 spiro atoms. The summed E-state index contributed by atoms with van der Waals surface area (Å²) in [5.41, 5.74) is 4.16. The number of nitrogens with zero attached hydrogens (tertiary/aromatic N) is 3. The molecule has 0 aliphatic carbocycles. The van der Waals surface area contributed by atoms with Crippen LogP contribution in [0.15, 0.2) is 24.5 Å². The minimum Gasteiger partial charge on any atom is -0.383 e. The Hall–Kier alpha value is -1.85. The molecule has 0 bridgehead atoms. The van der Waals surface area contributed by atoms with Gasteiger partial charge in [-0.1, -0.05) is 0 Å². The SMILES string of the molecule is COCCNCc1c(C)nc(-c2ccncc2)nc1C. The quantitative estimate of drug-likeness (QED) is 0.814. The zero-order valence-electron chi connectivity index (χ0n) is 12.2. The van der Waals surface area contributed by atoms with Crippen LogP contribution in [0.2, 0.25) is 0 Å². The lowest BCUT2D eigenvalue weighted by Crippen LogP contribution is -2.20. The molecule has 0 amide bonds. The molecule has 2 rings (SSSR count). The van der Waals surface area contributed by atoms with Crippen LogP contribution in [0.3, 0.4) is 0 Å². The van der Waals surface area contributed by atoms with Crippen molar-refractivity contribution in [2.45, 2.75) is 20.4 Å². The molecule has 0 aromatic carbocycles. The van der Waals surface area contributed by atoms with Crippen molar-refractivity contribution < 1.29 is 4.74 Å². The fourth-order valence-corrected chi connectivity index (χ4v) is 2.01. The highest BCUT2D eigenvalue weighted by molar-refractivity contribution is 5.54. The minimum atomic E-state index is 0.702. The predicted octanol–water partition coefficient (Wildman–Crippen LogP) is 1.89. The van der Waals surface area contributed by atoms with Crippen LogP contribution >= 0.6 is 0 Å². The van der Waals surface area contributed by atoms with Gasteiger partial charge in [0.2, 0.25) is 0 Å². The Morgan fingerprint density at radius 3 is 2.35 bits per heavy atom. The first kappa shape index (κ1) is 14.6. The lowest BCUT2D eigenvalue weighted by Gasteiger charge is -2.11. The van der Waals surface area contributed by atoms with E-state index in [4.69, 9.17) is 4.74 Å². The van der Waals surface area contributed by atoms with Gasteiger partial charge in [-0.2, -0.15) is 0 Å². The van der Waals surface area contributed by atoms with E-state index in [0.717, 1.165) is 41.4 Å². The second-order valence-electron chi connectivity index (χ2n) is 4.60. The Kier molecular flexibility index (Phi) is 5.15. The highest BCUT2D eigenvalue weighted by atomic mass is 16.5. The number of aryl methyl sites for hydroxylation is 2. The highest BCUT2D eigenvalue weighted by Crippen LogP contribution is 2.17. The number of aromatic nitrogens is 3. The van der Waals surface area contributed by atoms with Gasteiger partial charge in [0, 0.05) is 55.1 Å². The monoisotopic (exact) mass is 272 g/mol. The van der Waals surface area contributed by atoms with Gasteiger partial charge in [-0.25, -0.2) is 9.97 Å². The molecule has 2 aromatic heterocycles. The fraction of sp³-hybridized carbons (Fsp3) is 0.400. The summed E-state index contributed by atoms with van der Waals surface area (Å²) in [5, 5.41) is 3.33. The molecule has 5 heteroatoms. The van der Waals surface area contributed by atoms with Gasteiger partial charge in [-0.15, -0.1) is 0 Å². The summed E-state index contributed by atoms with van der Waals surface area (Å²) in [6.07, 6.45) is 3.51. The number of methoxy groups -OCH3 is 1. The van der Waals surface area contributed by atoms with Crippen molar-refractivity contribution in [2.75, 3.05) is 20.3 Å². The van der Waals surface area contributed by atoms with Crippen molar-refractivity contribution >= 4 is 0 Å². The third kappa shape index (κ3) is 3.59. The molecular weight excluding hydrogens is 252 g/mol. The topological polar surface area (TPSA) is 59.9 Å². The van der Waals surface area contributed by atoms with Crippen LogP contribution in [0.1, 0.15) is 17.0 Å². The molecule has 0 unspecified atom stereocenters. The lowest BCUT2D eigenvalue weighted by molar-refractivity contribution is 0.199. The van der Waals surface area contributed by atoms with Gasteiger partial charge in [-0.3, -0.25) is 4.98 Å². The third-order valence-corrected chi connectivity index (χ3v) is 3.14. The fourth-order valence-electron chi connectivity index (χ4n) is 2.01. The van der Waals surface area contributed by atoms with Crippen LogP contribution in [0.4, 0.5) is 0 Å². The van der Waals surface area contributed by atoms with E-state index >= 15 is 0 Å².